The maximum absolute atomic E-state index is 10.1. The molecule has 4 nitrogen and oxygen atoms in total. The predicted octanol–water partition coefficient (Wildman–Crippen LogP) is 0.652. The Balaban J connectivity index is 2.50. The molecule has 0 aromatic rings. The van der Waals surface area contributed by atoms with Crippen molar-refractivity contribution in [2.45, 2.75) is 45.8 Å². The van der Waals surface area contributed by atoms with Gasteiger partial charge >= 0.3 is 0 Å². The summed E-state index contributed by atoms with van der Waals surface area (Å²) < 4.78 is 0. The van der Waals surface area contributed by atoms with E-state index in [9.17, 15) is 5.11 Å². The van der Waals surface area contributed by atoms with Gasteiger partial charge in [0.15, 0.2) is 0 Å². The zero-order chi connectivity index (χ0) is 13.5. The molecule has 3 unspecified atom stereocenters. The number of aliphatic hydroxyl groups is 1. The van der Waals surface area contributed by atoms with Crippen molar-refractivity contribution in [3.63, 3.8) is 0 Å². The normalized spacial score (nSPS) is 27.7. The Morgan fingerprint density at radius 3 is 2.67 bits per heavy atom. The van der Waals surface area contributed by atoms with Crippen molar-refractivity contribution in [3.8, 4) is 0 Å². The highest BCUT2D eigenvalue weighted by molar-refractivity contribution is 4.86. The number of nitrogens with two attached hydrogens (primary N) is 1. The molecule has 0 spiro atoms. The van der Waals surface area contributed by atoms with Gasteiger partial charge in [-0.15, -0.1) is 0 Å². The number of nitrogens with one attached hydrogen (secondary N) is 1. The Labute approximate surface area is 112 Å². The number of hydrogen-bond acceptors (Lipinski definition) is 4. The second kappa shape index (κ2) is 8.10. The Bertz CT molecular complexity index is 223. The van der Waals surface area contributed by atoms with Crippen LogP contribution in [0.25, 0.3) is 0 Å². The third-order valence-electron chi connectivity index (χ3n) is 3.78. The van der Waals surface area contributed by atoms with Crippen LogP contribution in [0.2, 0.25) is 0 Å². The Morgan fingerprint density at radius 2 is 2.11 bits per heavy atom. The molecule has 1 heterocycles. The minimum absolute atomic E-state index is 0.172. The summed E-state index contributed by atoms with van der Waals surface area (Å²) in [7, 11) is 0. The first-order valence-corrected chi connectivity index (χ1v) is 7.40. The van der Waals surface area contributed by atoms with E-state index < -0.39 is 0 Å². The van der Waals surface area contributed by atoms with E-state index in [0.717, 1.165) is 39.0 Å². The first kappa shape index (κ1) is 15.9. The Morgan fingerprint density at radius 1 is 1.39 bits per heavy atom. The Kier molecular flexibility index (Phi) is 7.15. The lowest BCUT2D eigenvalue weighted by Gasteiger charge is -2.40. The average molecular weight is 257 g/mol. The molecule has 0 radical (unpaired) electrons. The van der Waals surface area contributed by atoms with E-state index in [1.165, 1.54) is 0 Å². The fourth-order valence-corrected chi connectivity index (χ4v) is 2.76. The minimum Gasteiger partial charge on any atom is -0.393 e. The fourth-order valence-electron chi connectivity index (χ4n) is 2.76. The quantitative estimate of drug-likeness (QED) is 0.627. The molecular weight excluding hydrogens is 226 g/mol. The zero-order valence-electron chi connectivity index (χ0n) is 12.2. The second-order valence-electron chi connectivity index (χ2n) is 6.02. The van der Waals surface area contributed by atoms with Crippen molar-refractivity contribution in [1.82, 2.24) is 10.2 Å². The van der Waals surface area contributed by atoms with E-state index in [2.05, 4.69) is 31.0 Å². The topological polar surface area (TPSA) is 61.5 Å². The zero-order valence-corrected chi connectivity index (χ0v) is 12.2. The standard InChI is InChI=1S/C14H31N3O/c1-4-14(18)12-7-13(16-8-11(2)3)10-17(9-12)6-5-15/h11-14,16,18H,4-10,15H2,1-3H3. The minimum atomic E-state index is -0.172. The summed E-state index contributed by atoms with van der Waals surface area (Å²) in [5, 5.41) is 13.7. The molecule has 0 saturated carbocycles. The number of rotatable bonds is 7. The molecule has 0 bridgehead atoms. The molecule has 0 amide bonds. The van der Waals surface area contributed by atoms with E-state index >= 15 is 0 Å². The van der Waals surface area contributed by atoms with Crippen LogP contribution in [0.3, 0.4) is 0 Å². The van der Waals surface area contributed by atoms with E-state index in [1.807, 2.05) is 0 Å². The van der Waals surface area contributed by atoms with Crippen LogP contribution in [-0.4, -0.2) is 54.9 Å². The summed E-state index contributed by atoms with van der Waals surface area (Å²) in [5.41, 5.74) is 5.66. The summed E-state index contributed by atoms with van der Waals surface area (Å²) >= 11 is 0. The van der Waals surface area contributed by atoms with E-state index in [1.54, 1.807) is 0 Å². The van der Waals surface area contributed by atoms with Crippen molar-refractivity contribution >= 4 is 0 Å². The van der Waals surface area contributed by atoms with Crippen molar-refractivity contribution in [1.29, 1.82) is 0 Å². The second-order valence-corrected chi connectivity index (χ2v) is 6.02. The number of hydrogen-bond donors (Lipinski definition) is 3. The van der Waals surface area contributed by atoms with Gasteiger partial charge < -0.3 is 21.1 Å². The van der Waals surface area contributed by atoms with Crippen molar-refractivity contribution in [3.05, 3.63) is 0 Å². The van der Waals surface area contributed by atoms with Crippen LogP contribution < -0.4 is 11.1 Å². The molecule has 1 saturated heterocycles. The molecule has 1 rings (SSSR count). The summed E-state index contributed by atoms with van der Waals surface area (Å²) in [4.78, 5) is 2.39. The molecule has 3 atom stereocenters. The fraction of sp³-hybridized carbons (Fsp3) is 1.00. The molecule has 0 aliphatic carbocycles. The average Bonchev–Trinajstić information content (AvgIpc) is 2.35. The predicted molar refractivity (Wildman–Crippen MR) is 76.5 cm³/mol. The summed E-state index contributed by atoms with van der Waals surface area (Å²) in [6.45, 7) is 11.3. The van der Waals surface area contributed by atoms with Crippen molar-refractivity contribution in [2.75, 3.05) is 32.7 Å². The van der Waals surface area contributed by atoms with Gasteiger partial charge in [-0.1, -0.05) is 20.8 Å². The number of piperidine rings is 1. The Hall–Kier alpha value is -0.160. The summed E-state index contributed by atoms with van der Waals surface area (Å²) in [6.07, 6.45) is 1.76. The van der Waals surface area contributed by atoms with Gasteiger partial charge in [0.2, 0.25) is 0 Å². The van der Waals surface area contributed by atoms with Gasteiger partial charge in [0.05, 0.1) is 6.10 Å². The molecule has 0 aromatic heterocycles. The van der Waals surface area contributed by atoms with Crippen molar-refractivity contribution < 1.29 is 5.11 Å². The van der Waals surface area contributed by atoms with Crippen LogP contribution in [0.4, 0.5) is 0 Å². The van der Waals surface area contributed by atoms with Crippen LogP contribution >= 0.6 is 0 Å². The maximum Gasteiger partial charge on any atom is 0.0578 e. The highest BCUT2D eigenvalue weighted by atomic mass is 16.3. The monoisotopic (exact) mass is 257 g/mol. The number of aliphatic hydroxyl groups excluding tert-OH is 1. The molecule has 1 aliphatic rings. The van der Waals surface area contributed by atoms with Crippen LogP contribution in [0.1, 0.15) is 33.6 Å². The molecule has 18 heavy (non-hydrogen) atoms. The smallest absolute Gasteiger partial charge is 0.0578 e. The first-order valence-electron chi connectivity index (χ1n) is 7.40. The van der Waals surface area contributed by atoms with Gasteiger partial charge in [0.1, 0.15) is 0 Å². The van der Waals surface area contributed by atoms with E-state index in [4.69, 9.17) is 5.73 Å². The lowest BCUT2D eigenvalue weighted by molar-refractivity contribution is 0.0363. The largest absolute Gasteiger partial charge is 0.393 e. The maximum atomic E-state index is 10.1. The molecule has 1 fully saturated rings. The van der Waals surface area contributed by atoms with Gasteiger partial charge in [0.25, 0.3) is 0 Å². The lowest BCUT2D eigenvalue weighted by Crippen LogP contribution is -2.53. The highest BCUT2D eigenvalue weighted by Gasteiger charge is 2.30. The van der Waals surface area contributed by atoms with E-state index in [0.29, 0.717) is 24.4 Å². The van der Waals surface area contributed by atoms with Crippen LogP contribution in [0, 0.1) is 11.8 Å². The van der Waals surface area contributed by atoms with Gasteiger partial charge in [-0.05, 0) is 31.2 Å². The lowest BCUT2D eigenvalue weighted by atomic mass is 9.88. The van der Waals surface area contributed by atoms with Gasteiger partial charge in [-0.25, -0.2) is 0 Å². The third kappa shape index (κ3) is 5.22. The van der Waals surface area contributed by atoms with Crippen LogP contribution in [0.5, 0.6) is 0 Å². The molecule has 0 aromatic carbocycles. The van der Waals surface area contributed by atoms with Crippen molar-refractivity contribution in [2.24, 2.45) is 17.6 Å². The first-order chi connectivity index (χ1) is 8.56. The third-order valence-corrected chi connectivity index (χ3v) is 3.78. The molecule has 1 aliphatic heterocycles. The van der Waals surface area contributed by atoms with Gasteiger partial charge in [-0.3, -0.25) is 0 Å². The van der Waals surface area contributed by atoms with Crippen LogP contribution in [-0.2, 0) is 0 Å². The van der Waals surface area contributed by atoms with E-state index in [-0.39, 0.29) is 6.10 Å². The van der Waals surface area contributed by atoms with Gasteiger partial charge in [-0.2, -0.15) is 0 Å². The molecule has 4 heteroatoms. The summed E-state index contributed by atoms with van der Waals surface area (Å²) in [6, 6.07) is 0.499. The number of nitrogens with zero attached hydrogens (tertiary/aromatic N) is 1. The summed E-state index contributed by atoms with van der Waals surface area (Å²) in [5.74, 6) is 1.06. The highest BCUT2D eigenvalue weighted by Crippen LogP contribution is 2.21. The molecular formula is C14H31N3O. The molecule has 108 valence electrons. The number of likely N-dealkylation sites (tertiary alicyclic amines) is 1. The van der Waals surface area contributed by atoms with Crippen LogP contribution in [0.15, 0.2) is 0 Å². The molecule has 4 N–H and O–H groups in total. The van der Waals surface area contributed by atoms with Gasteiger partial charge in [0, 0.05) is 32.2 Å². The SMILES string of the molecule is CCC(O)C1CC(NCC(C)C)CN(CCN)C1.